The van der Waals surface area contributed by atoms with Crippen LogP contribution >= 0.6 is 0 Å². The van der Waals surface area contributed by atoms with Crippen molar-refractivity contribution in [1.29, 1.82) is 0 Å². The molecule has 1 aromatic carbocycles. The van der Waals surface area contributed by atoms with Gasteiger partial charge in [0.25, 0.3) is 0 Å². The van der Waals surface area contributed by atoms with Crippen molar-refractivity contribution < 1.29 is 14.4 Å². The Labute approximate surface area is 183 Å². The Morgan fingerprint density at radius 2 is 1.90 bits per heavy atom. The van der Waals surface area contributed by atoms with Gasteiger partial charge in [-0.05, 0) is 42.4 Å². The summed E-state index contributed by atoms with van der Waals surface area (Å²) in [6.45, 7) is 8.21. The second-order valence-electron chi connectivity index (χ2n) is 9.47. The molecule has 4 N–H and O–H groups in total. The first-order valence-corrected chi connectivity index (χ1v) is 11.3. The van der Waals surface area contributed by atoms with Gasteiger partial charge in [0.15, 0.2) is 0 Å². The van der Waals surface area contributed by atoms with E-state index in [-0.39, 0.29) is 30.4 Å². The number of benzene rings is 1. The van der Waals surface area contributed by atoms with Gasteiger partial charge in [-0.1, -0.05) is 32.9 Å². The Kier molecular flexibility index (Phi) is 6.29. The molecule has 3 fully saturated rings. The molecule has 3 heterocycles. The highest BCUT2D eigenvalue weighted by atomic mass is 16.2. The summed E-state index contributed by atoms with van der Waals surface area (Å²) >= 11 is 0. The van der Waals surface area contributed by atoms with Crippen LogP contribution in [0.25, 0.3) is 0 Å². The smallest absolute Gasteiger partial charge is 0.229 e. The summed E-state index contributed by atoms with van der Waals surface area (Å²) in [7, 11) is 0. The molecular weight excluding hydrogens is 394 g/mol. The molecule has 31 heavy (non-hydrogen) atoms. The van der Waals surface area contributed by atoms with E-state index in [2.05, 4.69) is 46.9 Å². The molecule has 4 rings (SSSR count). The molecule has 0 spiro atoms. The van der Waals surface area contributed by atoms with Gasteiger partial charge in [0, 0.05) is 25.2 Å². The van der Waals surface area contributed by atoms with Crippen molar-refractivity contribution in [2.24, 2.45) is 17.8 Å². The van der Waals surface area contributed by atoms with E-state index < -0.39 is 18.0 Å². The molecule has 1 aromatic rings. The van der Waals surface area contributed by atoms with Crippen molar-refractivity contribution >= 4 is 23.4 Å². The minimum Gasteiger partial charge on any atom is -0.340 e. The van der Waals surface area contributed by atoms with Crippen LogP contribution in [-0.4, -0.2) is 48.2 Å². The van der Waals surface area contributed by atoms with E-state index in [1.165, 1.54) is 12.0 Å². The lowest BCUT2D eigenvalue weighted by Crippen LogP contribution is -2.74. The molecule has 0 radical (unpaired) electrons. The Morgan fingerprint density at radius 3 is 2.58 bits per heavy atom. The minimum absolute atomic E-state index is 0.00239. The number of carbonyl (C=O) groups excluding carboxylic acids is 3. The third kappa shape index (κ3) is 4.75. The monoisotopic (exact) mass is 427 g/mol. The number of anilines is 1. The summed E-state index contributed by atoms with van der Waals surface area (Å²) in [5.74, 6) is -1.12. The van der Waals surface area contributed by atoms with E-state index in [9.17, 15) is 14.4 Å². The molecule has 8 nitrogen and oxygen atoms in total. The Balaban J connectivity index is 1.46. The van der Waals surface area contributed by atoms with Gasteiger partial charge in [-0.25, -0.2) is 0 Å². The van der Waals surface area contributed by atoms with Crippen LogP contribution in [0.2, 0.25) is 0 Å². The molecule has 3 aliphatic rings. The van der Waals surface area contributed by atoms with Crippen LogP contribution in [0.4, 0.5) is 5.69 Å². The number of hydrogen-bond acceptors (Lipinski definition) is 5. The van der Waals surface area contributed by atoms with Gasteiger partial charge in [0.1, 0.15) is 6.29 Å². The topological polar surface area (TPSA) is 103 Å². The van der Waals surface area contributed by atoms with Crippen LogP contribution in [0.15, 0.2) is 24.3 Å². The van der Waals surface area contributed by atoms with Gasteiger partial charge < -0.3 is 16.0 Å². The summed E-state index contributed by atoms with van der Waals surface area (Å²) in [6.07, 6.45) is 1.37. The zero-order chi connectivity index (χ0) is 22.1. The molecular formula is C23H33N5O3. The number of amides is 3. The van der Waals surface area contributed by atoms with E-state index >= 15 is 0 Å². The summed E-state index contributed by atoms with van der Waals surface area (Å²) in [4.78, 5) is 40.7. The summed E-state index contributed by atoms with van der Waals surface area (Å²) in [5, 5.41) is 12.2. The number of piperidine rings is 2. The maximum atomic E-state index is 13.0. The largest absolute Gasteiger partial charge is 0.340 e. The average Bonchev–Trinajstić information content (AvgIpc) is 2.73. The van der Waals surface area contributed by atoms with Crippen LogP contribution in [0.5, 0.6) is 0 Å². The number of nitrogens with one attached hydrogen (secondary N) is 4. The Hall–Kier alpha value is -2.45. The zero-order valence-corrected chi connectivity index (χ0v) is 18.5. The summed E-state index contributed by atoms with van der Waals surface area (Å²) < 4.78 is 0. The van der Waals surface area contributed by atoms with E-state index in [1.54, 1.807) is 0 Å². The molecule has 0 bridgehead atoms. The van der Waals surface area contributed by atoms with Gasteiger partial charge in [-0.15, -0.1) is 0 Å². The number of rotatable bonds is 4. The molecule has 8 heteroatoms. The van der Waals surface area contributed by atoms with Crippen LogP contribution < -0.4 is 21.3 Å². The highest BCUT2D eigenvalue weighted by Crippen LogP contribution is 2.29. The van der Waals surface area contributed by atoms with Gasteiger partial charge in [0.2, 0.25) is 17.7 Å². The van der Waals surface area contributed by atoms with Crippen molar-refractivity contribution in [3.8, 4) is 0 Å². The van der Waals surface area contributed by atoms with Crippen LogP contribution in [0, 0.1) is 17.8 Å². The zero-order valence-electron chi connectivity index (χ0n) is 18.5. The first-order chi connectivity index (χ1) is 14.8. The molecule has 5 unspecified atom stereocenters. The third-order valence-electron chi connectivity index (χ3n) is 6.67. The number of carbonyl (C=O) groups is 3. The normalized spacial score (nSPS) is 31.5. The lowest BCUT2D eigenvalue weighted by atomic mass is 9.81. The molecule has 0 saturated carbocycles. The fourth-order valence-corrected chi connectivity index (χ4v) is 4.90. The number of likely N-dealkylation sites (tertiary alicyclic amines) is 1. The molecule has 168 valence electrons. The van der Waals surface area contributed by atoms with E-state index in [0.29, 0.717) is 17.5 Å². The van der Waals surface area contributed by atoms with Gasteiger partial charge in [-0.2, -0.15) is 0 Å². The lowest BCUT2D eigenvalue weighted by molar-refractivity contribution is -0.148. The SMILES string of the molecule is CC1CCCN(C2NC(=O)C3C(NC(=O)CC3C(=O)Nc3ccc(C(C)C)cc3)N2)C1. The maximum absolute atomic E-state index is 13.0. The molecule has 3 amide bonds. The molecule has 0 aromatic heterocycles. The van der Waals surface area contributed by atoms with Gasteiger partial charge in [0.05, 0.1) is 18.0 Å². The van der Waals surface area contributed by atoms with Crippen molar-refractivity contribution in [3.63, 3.8) is 0 Å². The van der Waals surface area contributed by atoms with Crippen LogP contribution in [0.3, 0.4) is 0 Å². The lowest BCUT2D eigenvalue weighted by Gasteiger charge is -2.47. The van der Waals surface area contributed by atoms with E-state index in [1.807, 2.05) is 24.3 Å². The average molecular weight is 428 g/mol. The summed E-state index contributed by atoms with van der Waals surface area (Å²) in [6, 6.07) is 7.69. The Morgan fingerprint density at radius 1 is 1.16 bits per heavy atom. The highest BCUT2D eigenvalue weighted by Gasteiger charge is 2.49. The minimum atomic E-state index is -0.725. The standard InChI is InChI=1S/C23H33N5O3/c1-13(2)15-6-8-16(9-7-15)24-21(30)17-11-18(29)25-20-19(17)22(31)27-23(26-20)28-10-4-5-14(3)12-28/h6-9,13-14,17,19-20,23,26H,4-5,10-12H2,1-3H3,(H,24,30)(H,25,29)(H,27,31). The molecule has 3 aliphatic heterocycles. The fraction of sp³-hybridized carbons (Fsp3) is 0.609. The van der Waals surface area contributed by atoms with E-state index in [4.69, 9.17) is 0 Å². The fourth-order valence-electron chi connectivity index (χ4n) is 4.90. The Bertz CT molecular complexity index is 840. The number of hydrogen-bond donors (Lipinski definition) is 4. The van der Waals surface area contributed by atoms with Crippen molar-refractivity contribution in [3.05, 3.63) is 29.8 Å². The first-order valence-electron chi connectivity index (χ1n) is 11.3. The summed E-state index contributed by atoms with van der Waals surface area (Å²) in [5.41, 5.74) is 1.85. The van der Waals surface area contributed by atoms with Gasteiger partial charge >= 0.3 is 0 Å². The molecule has 3 saturated heterocycles. The van der Waals surface area contributed by atoms with Gasteiger partial charge in [-0.3, -0.25) is 24.6 Å². The van der Waals surface area contributed by atoms with Crippen molar-refractivity contribution in [2.45, 2.75) is 58.4 Å². The number of fused-ring (bicyclic) bond motifs is 1. The van der Waals surface area contributed by atoms with Crippen LogP contribution in [0.1, 0.15) is 51.5 Å². The van der Waals surface area contributed by atoms with Crippen LogP contribution in [-0.2, 0) is 14.4 Å². The second kappa shape index (κ2) is 8.96. The molecule has 5 atom stereocenters. The predicted molar refractivity (Wildman–Crippen MR) is 118 cm³/mol. The van der Waals surface area contributed by atoms with E-state index in [0.717, 1.165) is 19.5 Å². The van der Waals surface area contributed by atoms with Crippen molar-refractivity contribution in [2.75, 3.05) is 18.4 Å². The van der Waals surface area contributed by atoms with Crippen molar-refractivity contribution in [1.82, 2.24) is 20.9 Å². The number of nitrogens with zero attached hydrogens (tertiary/aromatic N) is 1. The second-order valence-corrected chi connectivity index (χ2v) is 9.47. The highest BCUT2D eigenvalue weighted by molar-refractivity contribution is 6.00. The quantitative estimate of drug-likeness (QED) is 0.584. The first kappa shape index (κ1) is 21.8. The molecule has 0 aliphatic carbocycles. The maximum Gasteiger partial charge on any atom is 0.229 e. The third-order valence-corrected chi connectivity index (χ3v) is 6.67. The predicted octanol–water partition coefficient (Wildman–Crippen LogP) is 1.56.